The molecule has 7 nitrogen and oxygen atoms in total. The van der Waals surface area contributed by atoms with Crippen LogP contribution in [0.5, 0.6) is 5.75 Å². The van der Waals surface area contributed by atoms with E-state index in [4.69, 9.17) is 9.47 Å². The van der Waals surface area contributed by atoms with E-state index in [9.17, 15) is 23.2 Å². The van der Waals surface area contributed by atoms with Crippen LogP contribution in [0.15, 0.2) is 42.5 Å². The number of esters is 1. The fourth-order valence-electron chi connectivity index (χ4n) is 2.19. The molecule has 0 radical (unpaired) electrons. The summed E-state index contributed by atoms with van der Waals surface area (Å²) in [4.78, 5) is 35.9. The number of rotatable bonds is 7. The van der Waals surface area contributed by atoms with Gasteiger partial charge in [-0.05, 0) is 31.2 Å². The van der Waals surface area contributed by atoms with E-state index in [1.807, 2.05) is 0 Å². The van der Waals surface area contributed by atoms with Gasteiger partial charge in [0.25, 0.3) is 11.8 Å². The molecule has 0 aromatic heterocycles. The molecule has 148 valence electrons. The minimum Gasteiger partial charge on any atom is -0.496 e. The number of ether oxygens (including phenoxy) is 2. The lowest BCUT2D eigenvalue weighted by Crippen LogP contribution is -2.36. The van der Waals surface area contributed by atoms with Gasteiger partial charge in [0, 0.05) is 11.8 Å². The molecule has 0 spiro atoms. The standard InChI is InChI=1S/C19H18F2N2O5/c1-11(18(25)23-12-7-8-14(20)15(21)9-12)28-17(24)10-22-19(26)13-5-3-4-6-16(13)27-2/h3-9,11H,10H2,1-2H3,(H,22,26)(H,23,25)/t11-/m1/s1. The zero-order valence-electron chi connectivity index (χ0n) is 15.1. The Morgan fingerprint density at radius 3 is 2.46 bits per heavy atom. The van der Waals surface area contributed by atoms with Gasteiger partial charge in [-0.1, -0.05) is 12.1 Å². The maximum atomic E-state index is 13.2. The summed E-state index contributed by atoms with van der Waals surface area (Å²) < 4.78 is 36.0. The van der Waals surface area contributed by atoms with E-state index < -0.39 is 42.1 Å². The van der Waals surface area contributed by atoms with Gasteiger partial charge in [-0.25, -0.2) is 8.78 Å². The van der Waals surface area contributed by atoms with Crippen LogP contribution in [-0.4, -0.2) is 37.5 Å². The lowest BCUT2D eigenvalue weighted by Gasteiger charge is -2.14. The zero-order valence-corrected chi connectivity index (χ0v) is 15.1. The van der Waals surface area contributed by atoms with E-state index in [0.29, 0.717) is 5.75 Å². The number of anilines is 1. The second kappa shape index (κ2) is 9.45. The highest BCUT2D eigenvalue weighted by atomic mass is 19.2. The second-order valence-electron chi connectivity index (χ2n) is 5.63. The fourth-order valence-corrected chi connectivity index (χ4v) is 2.19. The summed E-state index contributed by atoms with van der Waals surface area (Å²) in [6.07, 6.45) is -1.22. The Balaban J connectivity index is 1.85. The zero-order chi connectivity index (χ0) is 20.7. The monoisotopic (exact) mass is 392 g/mol. The SMILES string of the molecule is COc1ccccc1C(=O)NCC(=O)O[C@H](C)C(=O)Nc1ccc(F)c(F)c1. The Bertz CT molecular complexity index is 888. The lowest BCUT2D eigenvalue weighted by atomic mass is 10.2. The predicted octanol–water partition coefficient (Wildman–Crippen LogP) is 2.27. The molecule has 0 saturated heterocycles. The third kappa shape index (κ3) is 5.50. The number of hydrogen-bond donors (Lipinski definition) is 2. The Kier molecular flexibility index (Phi) is 7.02. The van der Waals surface area contributed by atoms with E-state index in [1.54, 1.807) is 18.2 Å². The third-order valence-corrected chi connectivity index (χ3v) is 3.61. The number of halogens is 2. The topological polar surface area (TPSA) is 93.7 Å². The van der Waals surface area contributed by atoms with Crippen LogP contribution in [0.1, 0.15) is 17.3 Å². The molecule has 0 heterocycles. The molecule has 0 aliphatic carbocycles. The molecular formula is C19H18F2N2O5. The molecule has 1 atom stereocenters. The summed E-state index contributed by atoms with van der Waals surface area (Å²) in [6.45, 7) is 0.828. The number of amides is 2. The smallest absolute Gasteiger partial charge is 0.326 e. The highest BCUT2D eigenvalue weighted by Crippen LogP contribution is 2.17. The molecule has 0 aliphatic rings. The van der Waals surface area contributed by atoms with Crippen molar-refractivity contribution in [2.24, 2.45) is 0 Å². The Labute approximate surface area is 159 Å². The molecule has 2 rings (SSSR count). The number of benzene rings is 2. The van der Waals surface area contributed by atoms with E-state index in [2.05, 4.69) is 10.6 Å². The van der Waals surface area contributed by atoms with Gasteiger partial charge < -0.3 is 20.1 Å². The number of hydrogen-bond acceptors (Lipinski definition) is 5. The van der Waals surface area contributed by atoms with Crippen LogP contribution in [0.4, 0.5) is 14.5 Å². The summed E-state index contributed by atoms with van der Waals surface area (Å²) in [5.41, 5.74) is 0.248. The molecule has 2 aromatic rings. The largest absolute Gasteiger partial charge is 0.496 e. The minimum atomic E-state index is -1.22. The van der Waals surface area contributed by atoms with Crippen molar-refractivity contribution in [1.29, 1.82) is 0 Å². The first kappa shape index (κ1) is 20.8. The number of carbonyl (C=O) groups excluding carboxylic acids is 3. The summed E-state index contributed by atoms with van der Waals surface area (Å²) in [7, 11) is 1.41. The maximum absolute atomic E-state index is 13.2. The summed E-state index contributed by atoms with van der Waals surface area (Å²) >= 11 is 0. The van der Waals surface area contributed by atoms with Gasteiger partial charge in [-0.15, -0.1) is 0 Å². The molecule has 28 heavy (non-hydrogen) atoms. The van der Waals surface area contributed by atoms with Crippen LogP contribution in [0.2, 0.25) is 0 Å². The van der Waals surface area contributed by atoms with Gasteiger partial charge in [-0.2, -0.15) is 0 Å². The van der Waals surface area contributed by atoms with Crippen LogP contribution in [-0.2, 0) is 14.3 Å². The molecule has 2 N–H and O–H groups in total. The van der Waals surface area contributed by atoms with E-state index >= 15 is 0 Å². The summed E-state index contributed by atoms with van der Waals surface area (Å²) in [6, 6.07) is 9.27. The van der Waals surface area contributed by atoms with Gasteiger partial charge in [0.15, 0.2) is 17.7 Å². The highest BCUT2D eigenvalue weighted by Gasteiger charge is 2.19. The molecule has 2 amide bonds. The van der Waals surface area contributed by atoms with Crippen molar-refractivity contribution in [2.75, 3.05) is 19.0 Å². The molecule has 0 bridgehead atoms. The van der Waals surface area contributed by atoms with Gasteiger partial charge in [0.1, 0.15) is 12.3 Å². The minimum absolute atomic E-state index is 0.0104. The molecular weight excluding hydrogens is 374 g/mol. The van der Waals surface area contributed by atoms with Gasteiger partial charge in [0.2, 0.25) is 0 Å². The fraction of sp³-hybridized carbons (Fsp3) is 0.211. The molecule has 0 aliphatic heterocycles. The first-order valence-corrected chi connectivity index (χ1v) is 8.18. The number of para-hydroxylation sites is 1. The van der Waals surface area contributed by atoms with E-state index in [0.717, 1.165) is 12.1 Å². The predicted molar refractivity (Wildman–Crippen MR) is 95.9 cm³/mol. The van der Waals surface area contributed by atoms with Crippen molar-refractivity contribution in [2.45, 2.75) is 13.0 Å². The molecule has 0 unspecified atom stereocenters. The van der Waals surface area contributed by atoms with Crippen LogP contribution in [0, 0.1) is 11.6 Å². The molecule has 0 fully saturated rings. The van der Waals surface area contributed by atoms with Crippen LogP contribution < -0.4 is 15.4 Å². The molecule has 0 saturated carbocycles. The Hall–Kier alpha value is -3.49. The van der Waals surface area contributed by atoms with Crippen molar-refractivity contribution in [3.8, 4) is 5.75 Å². The average molecular weight is 392 g/mol. The third-order valence-electron chi connectivity index (χ3n) is 3.61. The number of nitrogens with one attached hydrogen (secondary N) is 2. The average Bonchev–Trinajstić information content (AvgIpc) is 2.68. The van der Waals surface area contributed by atoms with Crippen LogP contribution >= 0.6 is 0 Å². The van der Waals surface area contributed by atoms with Gasteiger partial charge in [0.05, 0.1) is 12.7 Å². The Morgan fingerprint density at radius 1 is 1.07 bits per heavy atom. The van der Waals surface area contributed by atoms with Crippen molar-refractivity contribution in [3.05, 3.63) is 59.7 Å². The number of carbonyl (C=O) groups is 3. The Morgan fingerprint density at radius 2 is 1.79 bits per heavy atom. The van der Waals surface area contributed by atoms with E-state index in [1.165, 1.54) is 26.2 Å². The first-order valence-electron chi connectivity index (χ1n) is 8.18. The van der Waals surface area contributed by atoms with E-state index in [-0.39, 0.29) is 11.3 Å². The van der Waals surface area contributed by atoms with Crippen molar-refractivity contribution < 1.29 is 32.6 Å². The molecule has 2 aromatic carbocycles. The lowest BCUT2D eigenvalue weighted by molar-refractivity contribution is -0.152. The summed E-state index contributed by atoms with van der Waals surface area (Å²) in [5.74, 6) is -3.97. The van der Waals surface area contributed by atoms with Crippen molar-refractivity contribution >= 4 is 23.5 Å². The van der Waals surface area contributed by atoms with Gasteiger partial charge in [-0.3, -0.25) is 14.4 Å². The van der Waals surface area contributed by atoms with Crippen LogP contribution in [0.3, 0.4) is 0 Å². The highest BCUT2D eigenvalue weighted by molar-refractivity contribution is 5.99. The second-order valence-corrected chi connectivity index (χ2v) is 5.63. The van der Waals surface area contributed by atoms with Crippen molar-refractivity contribution in [1.82, 2.24) is 5.32 Å². The molecule has 9 heteroatoms. The van der Waals surface area contributed by atoms with Gasteiger partial charge >= 0.3 is 5.97 Å². The summed E-state index contributed by atoms with van der Waals surface area (Å²) in [5, 5.41) is 4.66. The quantitative estimate of drug-likeness (QED) is 0.705. The van der Waals surface area contributed by atoms with Crippen molar-refractivity contribution in [3.63, 3.8) is 0 Å². The maximum Gasteiger partial charge on any atom is 0.326 e. The normalized spacial score (nSPS) is 11.3. The first-order chi connectivity index (χ1) is 13.3. The van der Waals surface area contributed by atoms with Crippen LogP contribution in [0.25, 0.3) is 0 Å². The number of methoxy groups -OCH3 is 1.